The molecule has 0 spiro atoms. The second-order valence-electron chi connectivity index (χ2n) is 6.57. The predicted octanol–water partition coefficient (Wildman–Crippen LogP) is 2.93. The lowest BCUT2D eigenvalue weighted by molar-refractivity contribution is 0.0299. The summed E-state index contributed by atoms with van der Waals surface area (Å²) in [6, 6.07) is 10.9. The molecular formula is C20H23N3O3. The molecule has 3 rings (SSSR count). The van der Waals surface area contributed by atoms with Crippen molar-refractivity contribution in [2.45, 2.75) is 19.8 Å². The minimum Gasteiger partial charge on any atom is -0.378 e. The van der Waals surface area contributed by atoms with Gasteiger partial charge in [0.15, 0.2) is 0 Å². The molecule has 2 aromatic rings. The maximum atomic E-state index is 12.5. The highest BCUT2D eigenvalue weighted by Crippen LogP contribution is 2.18. The smallest absolute Gasteiger partial charge is 0.272 e. The molecule has 1 aliphatic rings. The van der Waals surface area contributed by atoms with Crippen LogP contribution < -0.4 is 5.32 Å². The molecule has 26 heavy (non-hydrogen) atoms. The molecule has 0 aliphatic carbocycles. The van der Waals surface area contributed by atoms with Crippen LogP contribution in [0.25, 0.3) is 0 Å². The highest BCUT2D eigenvalue weighted by Gasteiger charge is 2.20. The van der Waals surface area contributed by atoms with Crippen LogP contribution in [0.15, 0.2) is 42.6 Å². The number of carbonyl (C=O) groups is 2. The molecule has 1 fully saturated rings. The molecule has 2 heterocycles. The Hall–Kier alpha value is -2.73. The van der Waals surface area contributed by atoms with Crippen LogP contribution in [0, 0.1) is 0 Å². The maximum Gasteiger partial charge on any atom is 0.272 e. The van der Waals surface area contributed by atoms with E-state index in [1.807, 2.05) is 24.3 Å². The van der Waals surface area contributed by atoms with E-state index in [4.69, 9.17) is 4.74 Å². The summed E-state index contributed by atoms with van der Waals surface area (Å²) < 4.78 is 5.26. The number of amides is 2. The zero-order valence-corrected chi connectivity index (χ0v) is 15.1. The Morgan fingerprint density at radius 1 is 1.12 bits per heavy atom. The van der Waals surface area contributed by atoms with Crippen LogP contribution in [0.1, 0.15) is 46.2 Å². The summed E-state index contributed by atoms with van der Waals surface area (Å²) in [6.07, 6.45) is 1.49. The van der Waals surface area contributed by atoms with Gasteiger partial charge in [0, 0.05) is 30.5 Å². The van der Waals surface area contributed by atoms with Gasteiger partial charge >= 0.3 is 0 Å². The first kappa shape index (κ1) is 18.1. The number of carbonyl (C=O) groups excluding carboxylic acids is 2. The van der Waals surface area contributed by atoms with E-state index < -0.39 is 0 Å². The fourth-order valence-electron chi connectivity index (χ4n) is 2.77. The first-order chi connectivity index (χ1) is 12.5. The number of benzene rings is 1. The van der Waals surface area contributed by atoms with Crippen molar-refractivity contribution in [2.75, 3.05) is 31.6 Å². The van der Waals surface area contributed by atoms with Crippen LogP contribution in [0.2, 0.25) is 0 Å². The van der Waals surface area contributed by atoms with Crippen molar-refractivity contribution in [3.8, 4) is 0 Å². The van der Waals surface area contributed by atoms with E-state index in [1.54, 1.807) is 11.0 Å². The van der Waals surface area contributed by atoms with Gasteiger partial charge in [-0.25, -0.2) is 0 Å². The summed E-state index contributed by atoms with van der Waals surface area (Å²) in [4.78, 5) is 30.8. The molecule has 0 unspecified atom stereocenters. The average molecular weight is 353 g/mol. The summed E-state index contributed by atoms with van der Waals surface area (Å²) in [5, 5.41) is 2.86. The van der Waals surface area contributed by atoms with Crippen molar-refractivity contribution in [3.63, 3.8) is 0 Å². The second-order valence-corrected chi connectivity index (χ2v) is 6.57. The van der Waals surface area contributed by atoms with Gasteiger partial charge in [-0.3, -0.25) is 14.6 Å². The molecule has 1 aliphatic heterocycles. The van der Waals surface area contributed by atoms with Gasteiger partial charge in [-0.15, -0.1) is 0 Å². The summed E-state index contributed by atoms with van der Waals surface area (Å²) in [5.74, 6) is -0.00123. The summed E-state index contributed by atoms with van der Waals surface area (Å²) >= 11 is 0. The van der Waals surface area contributed by atoms with Crippen LogP contribution in [0.3, 0.4) is 0 Å². The topological polar surface area (TPSA) is 71.5 Å². The number of nitrogens with zero attached hydrogens (tertiary/aromatic N) is 2. The van der Waals surface area contributed by atoms with Crippen LogP contribution in [0.4, 0.5) is 5.69 Å². The number of aromatic nitrogens is 1. The molecule has 2 amide bonds. The highest BCUT2D eigenvalue weighted by molar-refractivity contribution is 6.05. The number of nitrogens with one attached hydrogen (secondary N) is 1. The number of pyridine rings is 1. The Morgan fingerprint density at radius 2 is 1.81 bits per heavy atom. The number of anilines is 1. The van der Waals surface area contributed by atoms with Gasteiger partial charge < -0.3 is 15.0 Å². The number of morpholine rings is 1. The third-order valence-electron chi connectivity index (χ3n) is 4.37. The number of rotatable bonds is 4. The van der Waals surface area contributed by atoms with E-state index in [1.165, 1.54) is 17.8 Å². The third kappa shape index (κ3) is 4.26. The number of hydrogen-bond acceptors (Lipinski definition) is 4. The number of ether oxygens (including phenoxy) is 1. The predicted molar refractivity (Wildman–Crippen MR) is 99.4 cm³/mol. The monoisotopic (exact) mass is 353 g/mol. The Morgan fingerprint density at radius 3 is 2.46 bits per heavy atom. The van der Waals surface area contributed by atoms with E-state index in [0.29, 0.717) is 37.8 Å². The summed E-state index contributed by atoms with van der Waals surface area (Å²) in [5.41, 5.74) is 2.61. The average Bonchev–Trinajstić information content (AvgIpc) is 2.68. The Labute approximate surface area is 153 Å². The first-order valence-corrected chi connectivity index (χ1v) is 8.79. The van der Waals surface area contributed by atoms with Gasteiger partial charge in [-0.2, -0.15) is 0 Å². The van der Waals surface area contributed by atoms with E-state index in [9.17, 15) is 9.59 Å². The van der Waals surface area contributed by atoms with Crippen molar-refractivity contribution in [3.05, 3.63) is 59.4 Å². The van der Waals surface area contributed by atoms with Gasteiger partial charge in [0.25, 0.3) is 11.8 Å². The van der Waals surface area contributed by atoms with Crippen molar-refractivity contribution >= 4 is 17.5 Å². The van der Waals surface area contributed by atoms with Gasteiger partial charge in [0.1, 0.15) is 5.69 Å². The van der Waals surface area contributed by atoms with E-state index >= 15 is 0 Å². The molecule has 0 saturated carbocycles. The van der Waals surface area contributed by atoms with Gasteiger partial charge in [0.2, 0.25) is 0 Å². The lowest BCUT2D eigenvalue weighted by Crippen LogP contribution is -2.41. The van der Waals surface area contributed by atoms with Crippen LogP contribution in [0.5, 0.6) is 0 Å². The van der Waals surface area contributed by atoms with Gasteiger partial charge in [-0.1, -0.05) is 26.0 Å². The van der Waals surface area contributed by atoms with E-state index in [0.717, 1.165) is 5.69 Å². The molecule has 0 bridgehead atoms. The molecular weight excluding hydrogens is 330 g/mol. The molecule has 1 aromatic carbocycles. The molecule has 6 heteroatoms. The van der Waals surface area contributed by atoms with Gasteiger partial charge in [-0.05, 0) is 35.7 Å². The van der Waals surface area contributed by atoms with Crippen molar-refractivity contribution in [1.29, 1.82) is 0 Å². The standard InChI is InChI=1S/C20H23N3O3/c1-14(2)15-3-5-17(6-4-15)22-19(24)16-7-8-21-18(13-16)20(25)23-9-11-26-12-10-23/h3-8,13-14H,9-12H2,1-2H3,(H,22,24). The fraction of sp³-hybridized carbons (Fsp3) is 0.350. The zero-order valence-electron chi connectivity index (χ0n) is 15.1. The fourth-order valence-corrected chi connectivity index (χ4v) is 2.77. The second kappa shape index (κ2) is 8.10. The minimum absolute atomic E-state index is 0.177. The Balaban J connectivity index is 1.70. The van der Waals surface area contributed by atoms with Crippen molar-refractivity contribution in [1.82, 2.24) is 9.88 Å². The van der Waals surface area contributed by atoms with E-state index in [2.05, 4.69) is 24.1 Å². The quantitative estimate of drug-likeness (QED) is 0.917. The number of hydrogen-bond donors (Lipinski definition) is 1. The van der Waals surface area contributed by atoms with Crippen molar-refractivity contribution in [2.24, 2.45) is 0 Å². The van der Waals surface area contributed by atoms with Crippen molar-refractivity contribution < 1.29 is 14.3 Å². The normalized spacial score (nSPS) is 14.3. The zero-order chi connectivity index (χ0) is 18.5. The largest absolute Gasteiger partial charge is 0.378 e. The van der Waals surface area contributed by atoms with Crippen LogP contribution >= 0.6 is 0 Å². The summed E-state index contributed by atoms with van der Waals surface area (Å²) in [7, 11) is 0. The minimum atomic E-state index is -0.263. The molecule has 0 radical (unpaired) electrons. The first-order valence-electron chi connectivity index (χ1n) is 8.79. The SMILES string of the molecule is CC(C)c1ccc(NC(=O)c2ccnc(C(=O)N3CCOCC3)c2)cc1. The highest BCUT2D eigenvalue weighted by atomic mass is 16.5. The molecule has 6 nitrogen and oxygen atoms in total. The molecule has 136 valence electrons. The molecule has 1 N–H and O–H groups in total. The molecule has 0 atom stereocenters. The Bertz CT molecular complexity index is 781. The van der Waals surface area contributed by atoms with Gasteiger partial charge in [0.05, 0.1) is 13.2 Å². The lowest BCUT2D eigenvalue weighted by Gasteiger charge is -2.26. The lowest BCUT2D eigenvalue weighted by atomic mass is 10.0. The molecule has 1 saturated heterocycles. The summed E-state index contributed by atoms with van der Waals surface area (Å²) in [6.45, 7) is 6.38. The third-order valence-corrected chi connectivity index (χ3v) is 4.37. The van der Waals surface area contributed by atoms with Crippen LogP contribution in [-0.4, -0.2) is 48.0 Å². The maximum absolute atomic E-state index is 12.5. The van der Waals surface area contributed by atoms with E-state index in [-0.39, 0.29) is 17.5 Å². The van der Waals surface area contributed by atoms with Crippen LogP contribution in [-0.2, 0) is 4.74 Å². The molecule has 1 aromatic heterocycles. The Kier molecular flexibility index (Phi) is 5.63.